The smallest absolute Gasteiger partial charge is 0.415 e. The van der Waals surface area contributed by atoms with E-state index in [1.807, 2.05) is 0 Å². The Hall–Kier alpha value is -1.39. The number of rotatable bonds is 1. The number of benzene rings is 1. The maximum atomic E-state index is 12.1. The van der Waals surface area contributed by atoms with E-state index in [1.54, 1.807) is 0 Å². The van der Waals surface area contributed by atoms with Crippen molar-refractivity contribution in [1.82, 2.24) is 0 Å². The predicted octanol–water partition coefficient (Wildman–Crippen LogP) is 1.79. The Balaban J connectivity index is 3.19. The van der Waals surface area contributed by atoms with E-state index in [0.29, 0.717) is 6.07 Å². The molecule has 0 N–H and O–H groups in total. The van der Waals surface area contributed by atoms with Crippen LogP contribution in [0.25, 0.3) is 0 Å². The van der Waals surface area contributed by atoms with Gasteiger partial charge >= 0.3 is 6.18 Å². The van der Waals surface area contributed by atoms with E-state index >= 15 is 0 Å². The van der Waals surface area contributed by atoms with Gasteiger partial charge in [-0.2, -0.15) is 13.2 Å². The molecule has 13 heavy (non-hydrogen) atoms. The second-order valence-corrected chi connectivity index (χ2v) is 2.36. The normalized spacial score (nSPS) is 11.4. The zero-order valence-electron chi connectivity index (χ0n) is 6.68. The third kappa shape index (κ3) is 2.05. The Morgan fingerprint density at radius 1 is 1.31 bits per heavy atom. The molecule has 0 atom stereocenters. The molecule has 0 amide bonds. The van der Waals surface area contributed by atoms with Crippen LogP contribution in [0.4, 0.5) is 13.2 Å². The molecule has 0 fully saturated rings. The van der Waals surface area contributed by atoms with E-state index < -0.39 is 17.5 Å². The highest BCUT2D eigenvalue weighted by molar-refractivity contribution is 5.40. The van der Waals surface area contributed by atoms with Crippen molar-refractivity contribution in [3.8, 4) is 11.5 Å². The lowest BCUT2D eigenvalue weighted by Crippen LogP contribution is -2.09. The molecule has 0 heterocycles. The molecule has 0 aliphatic rings. The maximum absolute atomic E-state index is 12.1. The molecule has 1 aromatic carbocycles. The summed E-state index contributed by atoms with van der Waals surface area (Å²) in [4.78, 5) is 0. The van der Waals surface area contributed by atoms with Gasteiger partial charge in [0.2, 0.25) is 0 Å². The minimum Gasteiger partial charge on any atom is -0.872 e. The molecule has 0 aliphatic carbocycles. The monoisotopic (exact) mass is 191 g/mol. The summed E-state index contributed by atoms with van der Waals surface area (Å²) in [5.41, 5.74) is -1.20. The quantitative estimate of drug-likeness (QED) is 0.677. The highest BCUT2D eigenvalue weighted by Crippen LogP contribution is 2.36. The average Bonchev–Trinajstić information content (AvgIpc) is 2.03. The predicted molar refractivity (Wildman–Crippen MR) is 37.4 cm³/mol. The van der Waals surface area contributed by atoms with Crippen LogP contribution in [-0.4, -0.2) is 7.11 Å². The number of halogens is 3. The first-order valence-corrected chi connectivity index (χ1v) is 3.37. The molecule has 5 heteroatoms. The van der Waals surface area contributed by atoms with Crippen LogP contribution in [0.2, 0.25) is 0 Å². The van der Waals surface area contributed by atoms with Crippen molar-refractivity contribution < 1.29 is 23.0 Å². The SMILES string of the molecule is COc1ccc([O-])c(C(F)(F)F)c1. The Morgan fingerprint density at radius 2 is 1.92 bits per heavy atom. The molecule has 1 rings (SSSR count). The third-order valence-electron chi connectivity index (χ3n) is 1.49. The van der Waals surface area contributed by atoms with E-state index in [0.717, 1.165) is 6.07 Å². The van der Waals surface area contributed by atoms with Gasteiger partial charge in [-0.3, -0.25) is 0 Å². The zero-order chi connectivity index (χ0) is 10.1. The van der Waals surface area contributed by atoms with E-state index in [-0.39, 0.29) is 5.75 Å². The molecule has 72 valence electrons. The number of hydrogen-bond acceptors (Lipinski definition) is 2. The summed E-state index contributed by atoms with van der Waals surface area (Å²) in [6.45, 7) is 0. The molecular formula is C8H6F3O2-. The number of methoxy groups -OCH3 is 1. The summed E-state index contributed by atoms with van der Waals surface area (Å²) in [6, 6.07) is 2.71. The van der Waals surface area contributed by atoms with Crippen molar-refractivity contribution in [2.24, 2.45) is 0 Å². The molecule has 1 aromatic rings. The third-order valence-corrected chi connectivity index (χ3v) is 1.49. The Bertz CT molecular complexity index is 307. The van der Waals surface area contributed by atoms with Gasteiger partial charge in [0.25, 0.3) is 0 Å². The summed E-state index contributed by atoms with van der Waals surface area (Å²) in [5, 5.41) is 10.8. The van der Waals surface area contributed by atoms with Crippen molar-refractivity contribution >= 4 is 0 Å². The largest absolute Gasteiger partial charge is 0.872 e. The zero-order valence-corrected chi connectivity index (χ0v) is 6.68. The molecule has 0 spiro atoms. The van der Waals surface area contributed by atoms with Crippen LogP contribution >= 0.6 is 0 Å². The van der Waals surface area contributed by atoms with E-state index in [2.05, 4.69) is 4.74 Å². The van der Waals surface area contributed by atoms with Crippen molar-refractivity contribution in [1.29, 1.82) is 0 Å². The summed E-state index contributed by atoms with van der Waals surface area (Å²) >= 11 is 0. The number of ether oxygens (including phenoxy) is 1. The van der Waals surface area contributed by atoms with Crippen LogP contribution in [-0.2, 0) is 6.18 Å². The molecule has 0 saturated carbocycles. The fraction of sp³-hybridized carbons (Fsp3) is 0.250. The van der Waals surface area contributed by atoms with E-state index in [1.165, 1.54) is 13.2 Å². The summed E-state index contributed by atoms with van der Waals surface area (Å²) in [5.74, 6) is -1.03. The van der Waals surface area contributed by atoms with E-state index in [4.69, 9.17) is 0 Å². The van der Waals surface area contributed by atoms with Crippen molar-refractivity contribution in [2.45, 2.75) is 6.18 Å². The van der Waals surface area contributed by atoms with Gasteiger partial charge < -0.3 is 9.84 Å². The minimum atomic E-state index is -4.62. The van der Waals surface area contributed by atoms with Crippen LogP contribution in [0.5, 0.6) is 11.5 Å². The van der Waals surface area contributed by atoms with Gasteiger partial charge in [0, 0.05) is 0 Å². The van der Waals surface area contributed by atoms with Crippen molar-refractivity contribution in [3.63, 3.8) is 0 Å². The molecule has 0 aromatic heterocycles. The van der Waals surface area contributed by atoms with Crippen LogP contribution in [0.15, 0.2) is 18.2 Å². The Labute approximate surface area is 72.6 Å². The summed E-state index contributed by atoms with van der Waals surface area (Å²) in [7, 11) is 1.24. The topological polar surface area (TPSA) is 32.3 Å². The first-order valence-electron chi connectivity index (χ1n) is 3.37. The first-order chi connectivity index (χ1) is 5.95. The fourth-order valence-electron chi connectivity index (χ4n) is 0.858. The molecule has 0 aliphatic heterocycles. The lowest BCUT2D eigenvalue weighted by atomic mass is 10.2. The standard InChI is InChI=1S/C8H7F3O2/c1-13-5-2-3-7(12)6(4-5)8(9,10)11/h2-4,12H,1H3/p-1. The summed E-state index contributed by atoms with van der Waals surface area (Å²) < 4.78 is 40.9. The highest BCUT2D eigenvalue weighted by Gasteiger charge is 2.31. The Morgan fingerprint density at radius 3 is 2.38 bits per heavy atom. The van der Waals surface area contributed by atoms with Gasteiger partial charge in [0.05, 0.1) is 12.7 Å². The van der Waals surface area contributed by atoms with E-state index in [9.17, 15) is 18.3 Å². The van der Waals surface area contributed by atoms with Gasteiger partial charge in [0.15, 0.2) is 0 Å². The second kappa shape index (κ2) is 3.16. The van der Waals surface area contributed by atoms with Crippen molar-refractivity contribution in [2.75, 3.05) is 7.11 Å². The minimum absolute atomic E-state index is 0.0203. The van der Waals surface area contributed by atoms with Gasteiger partial charge in [-0.05, 0) is 12.1 Å². The van der Waals surface area contributed by atoms with Gasteiger partial charge in [0.1, 0.15) is 5.75 Å². The molecule has 0 saturated heterocycles. The fourth-order valence-corrected chi connectivity index (χ4v) is 0.858. The molecule has 0 radical (unpaired) electrons. The highest BCUT2D eigenvalue weighted by atomic mass is 19.4. The van der Waals surface area contributed by atoms with Gasteiger partial charge in [-0.15, -0.1) is 0 Å². The van der Waals surface area contributed by atoms with Crippen LogP contribution in [0.1, 0.15) is 5.56 Å². The van der Waals surface area contributed by atoms with Crippen molar-refractivity contribution in [3.05, 3.63) is 23.8 Å². The van der Waals surface area contributed by atoms with Gasteiger partial charge in [-0.1, -0.05) is 11.8 Å². The Kier molecular flexibility index (Phi) is 2.36. The van der Waals surface area contributed by atoms with Crippen LogP contribution < -0.4 is 9.84 Å². The lowest BCUT2D eigenvalue weighted by molar-refractivity contribution is -0.276. The average molecular weight is 191 g/mol. The molecule has 2 nitrogen and oxygen atoms in total. The molecule has 0 unspecified atom stereocenters. The lowest BCUT2D eigenvalue weighted by Gasteiger charge is -2.16. The molecular weight excluding hydrogens is 185 g/mol. The van der Waals surface area contributed by atoms with Crippen LogP contribution in [0.3, 0.4) is 0 Å². The summed E-state index contributed by atoms with van der Waals surface area (Å²) in [6.07, 6.45) is -4.62. The van der Waals surface area contributed by atoms with Gasteiger partial charge in [-0.25, -0.2) is 0 Å². The maximum Gasteiger partial charge on any atom is 0.415 e. The van der Waals surface area contributed by atoms with Crippen LogP contribution in [0, 0.1) is 0 Å². The number of alkyl halides is 3. The molecule has 0 bridgehead atoms. The number of hydrogen-bond donors (Lipinski definition) is 0. The second-order valence-electron chi connectivity index (χ2n) is 2.36. The first kappa shape index (κ1) is 9.70.